The summed E-state index contributed by atoms with van der Waals surface area (Å²) in [5, 5.41) is 0.976. The van der Waals surface area contributed by atoms with Crippen LogP contribution in [0.3, 0.4) is 0 Å². The minimum absolute atomic E-state index is 0.0405. The summed E-state index contributed by atoms with van der Waals surface area (Å²) in [7, 11) is 0. The topological polar surface area (TPSA) is 20.3 Å². The number of hydrogen-bond acceptors (Lipinski definition) is 2. The Morgan fingerprint density at radius 1 is 1.22 bits per heavy atom. The Kier molecular flexibility index (Phi) is 5.20. The van der Waals surface area contributed by atoms with E-state index in [2.05, 4.69) is 6.92 Å². The monoisotopic (exact) mass is 365 g/mol. The van der Waals surface area contributed by atoms with Gasteiger partial charge in [0.25, 0.3) is 5.91 Å². The number of halogens is 2. The molecule has 1 aliphatic heterocycles. The largest absolute Gasteiger partial charge is 0.322 e. The van der Waals surface area contributed by atoms with E-state index < -0.39 is 0 Å². The molecular formula is C18H17Cl2NOS. The Labute approximate surface area is 150 Å². The summed E-state index contributed by atoms with van der Waals surface area (Å²) in [6.45, 7) is 2.82. The number of carbonyl (C=O) groups excluding carboxylic acids is 1. The first-order chi connectivity index (χ1) is 11.1. The molecule has 1 amide bonds. The molecule has 0 saturated carbocycles. The fourth-order valence-corrected chi connectivity index (χ4v) is 4.45. The zero-order chi connectivity index (χ0) is 16.4. The van der Waals surface area contributed by atoms with Gasteiger partial charge in [0.1, 0.15) is 5.37 Å². The van der Waals surface area contributed by atoms with Crippen LogP contribution in [0.2, 0.25) is 10.0 Å². The second kappa shape index (κ2) is 7.16. The maximum absolute atomic E-state index is 12.9. The van der Waals surface area contributed by atoms with Gasteiger partial charge in [0.05, 0.1) is 10.0 Å². The van der Waals surface area contributed by atoms with Crippen molar-refractivity contribution in [1.82, 2.24) is 4.90 Å². The molecule has 2 nitrogen and oxygen atoms in total. The molecule has 0 N–H and O–H groups in total. The molecule has 0 aromatic heterocycles. The summed E-state index contributed by atoms with van der Waals surface area (Å²) < 4.78 is 0. The van der Waals surface area contributed by atoms with E-state index in [1.807, 2.05) is 41.3 Å². The lowest BCUT2D eigenvalue weighted by Gasteiger charge is -2.25. The zero-order valence-corrected chi connectivity index (χ0v) is 15.1. The summed E-state index contributed by atoms with van der Waals surface area (Å²) >= 11 is 14.2. The van der Waals surface area contributed by atoms with Crippen molar-refractivity contribution in [1.29, 1.82) is 0 Å². The van der Waals surface area contributed by atoms with Crippen LogP contribution in [-0.2, 0) is 6.42 Å². The third-order valence-electron chi connectivity index (χ3n) is 4.01. The predicted octanol–water partition coefficient (Wildman–Crippen LogP) is 5.44. The molecule has 3 rings (SSSR count). The average molecular weight is 366 g/mol. The SMILES string of the molecule is CCc1ccc(C(=O)N2CCS[C@@H]2c2cccc(Cl)c2Cl)cc1. The zero-order valence-electron chi connectivity index (χ0n) is 12.8. The van der Waals surface area contributed by atoms with E-state index in [1.54, 1.807) is 17.8 Å². The van der Waals surface area contributed by atoms with E-state index in [4.69, 9.17) is 23.2 Å². The van der Waals surface area contributed by atoms with Gasteiger partial charge in [-0.3, -0.25) is 4.79 Å². The van der Waals surface area contributed by atoms with Crippen molar-refractivity contribution in [3.63, 3.8) is 0 Å². The number of amides is 1. The van der Waals surface area contributed by atoms with Crippen LogP contribution in [0.5, 0.6) is 0 Å². The molecule has 0 radical (unpaired) electrons. The van der Waals surface area contributed by atoms with E-state index >= 15 is 0 Å². The molecular weight excluding hydrogens is 349 g/mol. The first-order valence-electron chi connectivity index (χ1n) is 7.57. The second-order valence-electron chi connectivity index (χ2n) is 5.42. The van der Waals surface area contributed by atoms with Crippen LogP contribution in [0.15, 0.2) is 42.5 Å². The first kappa shape index (κ1) is 16.7. The Morgan fingerprint density at radius 3 is 2.65 bits per heavy atom. The van der Waals surface area contributed by atoms with Crippen LogP contribution < -0.4 is 0 Å². The molecule has 0 aliphatic carbocycles. The number of thioether (sulfide) groups is 1. The summed E-state index contributed by atoms with van der Waals surface area (Å²) in [5.41, 5.74) is 2.85. The molecule has 2 aromatic carbocycles. The van der Waals surface area contributed by atoms with Crippen LogP contribution in [-0.4, -0.2) is 23.1 Å². The lowest BCUT2D eigenvalue weighted by molar-refractivity contribution is 0.0760. The second-order valence-corrected chi connectivity index (χ2v) is 7.39. The highest BCUT2D eigenvalue weighted by Gasteiger charge is 2.32. The molecule has 1 atom stereocenters. The summed E-state index contributed by atoms with van der Waals surface area (Å²) in [4.78, 5) is 14.7. The third kappa shape index (κ3) is 3.37. The molecule has 120 valence electrons. The number of nitrogens with zero attached hydrogens (tertiary/aromatic N) is 1. The molecule has 1 heterocycles. The molecule has 1 fully saturated rings. The van der Waals surface area contributed by atoms with Crippen LogP contribution >= 0.6 is 35.0 Å². The van der Waals surface area contributed by atoms with Crippen LogP contribution in [0.25, 0.3) is 0 Å². The normalized spacial score (nSPS) is 17.5. The van der Waals surface area contributed by atoms with Gasteiger partial charge in [-0.2, -0.15) is 0 Å². The van der Waals surface area contributed by atoms with E-state index in [9.17, 15) is 4.79 Å². The van der Waals surface area contributed by atoms with Gasteiger partial charge in [0.2, 0.25) is 0 Å². The lowest BCUT2D eigenvalue weighted by Crippen LogP contribution is -2.30. The first-order valence-corrected chi connectivity index (χ1v) is 9.37. The predicted molar refractivity (Wildman–Crippen MR) is 98.5 cm³/mol. The van der Waals surface area contributed by atoms with Crippen molar-refractivity contribution in [2.75, 3.05) is 12.3 Å². The Morgan fingerprint density at radius 2 is 1.96 bits per heavy atom. The average Bonchev–Trinajstić information content (AvgIpc) is 3.06. The Hall–Kier alpha value is -1.16. The standard InChI is InChI=1S/C18H17Cl2NOS/c1-2-12-6-8-13(9-7-12)17(22)21-10-11-23-18(21)14-4-3-5-15(19)16(14)20/h3-9,18H,2,10-11H2,1H3/t18-/m1/s1. The minimum Gasteiger partial charge on any atom is -0.322 e. The van der Waals surface area contributed by atoms with E-state index in [-0.39, 0.29) is 11.3 Å². The van der Waals surface area contributed by atoms with Gasteiger partial charge in [-0.1, -0.05) is 54.4 Å². The maximum atomic E-state index is 12.9. The Bertz CT molecular complexity index is 717. The highest BCUT2D eigenvalue weighted by molar-refractivity contribution is 7.99. The van der Waals surface area contributed by atoms with Gasteiger partial charge in [-0.05, 0) is 30.2 Å². The lowest BCUT2D eigenvalue weighted by atomic mass is 10.1. The number of aryl methyl sites for hydroxylation is 1. The maximum Gasteiger partial charge on any atom is 0.255 e. The quantitative estimate of drug-likeness (QED) is 0.721. The highest BCUT2D eigenvalue weighted by Crippen LogP contribution is 2.43. The highest BCUT2D eigenvalue weighted by atomic mass is 35.5. The van der Waals surface area contributed by atoms with E-state index in [1.165, 1.54) is 5.56 Å². The van der Waals surface area contributed by atoms with Crippen molar-refractivity contribution in [2.24, 2.45) is 0 Å². The molecule has 0 unspecified atom stereocenters. The van der Waals surface area contributed by atoms with Crippen molar-refractivity contribution < 1.29 is 4.79 Å². The minimum atomic E-state index is -0.0837. The molecule has 0 spiro atoms. The number of carbonyl (C=O) groups is 1. The van der Waals surface area contributed by atoms with Gasteiger partial charge in [0.15, 0.2) is 0 Å². The Balaban J connectivity index is 1.88. The number of hydrogen-bond donors (Lipinski definition) is 0. The van der Waals surface area contributed by atoms with Crippen molar-refractivity contribution in [2.45, 2.75) is 18.7 Å². The van der Waals surface area contributed by atoms with Crippen molar-refractivity contribution in [3.05, 3.63) is 69.2 Å². The molecule has 1 saturated heterocycles. The molecule has 2 aromatic rings. The number of benzene rings is 2. The summed E-state index contributed by atoms with van der Waals surface area (Å²) in [6.07, 6.45) is 0.967. The van der Waals surface area contributed by atoms with Gasteiger partial charge < -0.3 is 4.90 Å². The molecule has 1 aliphatic rings. The van der Waals surface area contributed by atoms with Gasteiger partial charge in [-0.15, -0.1) is 11.8 Å². The van der Waals surface area contributed by atoms with Crippen molar-refractivity contribution in [3.8, 4) is 0 Å². The summed E-state index contributed by atoms with van der Waals surface area (Å²) in [6, 6.07) is 13.4. The molecule has 0 bridgehead atoms. The van der Waals surface area contributed by atoms with Crippen LogP contribution in [0, 0.1) is 0 Å². The van der Waals surface area contributed by atoms with E-state index in [0.29, 0.717) is 22.2 Å². The molecule has 5 heteroatoms. The van der Waals surface area contributed by atoms with E-state index in [0.717, 1.165) is 17.7 Å². The molecule has 23 heavy (non-hydrogen) atoms. The van der Waals surface area contributed by atoms with Crippen LogP contribution in [0.4, 0.5) is 0 Å². The fourth-order valence-electron chi connectivity index (χ4n) is 2.70. The van der Waals surface area contributed by atoms with Crippen LogP contribution in [0.1, 0.15) is 33.8 Å². The van der Waals surface area contributed by atoms with Gasteiger partial charge in [0, 0.05) is 23.4 Å². The van der Waals surface area contributed by atoms with Gasteiger partial charge in [-0.25, -0.2) is 0 Å². The van der Waals surface area contributed by atoms with Gasteiger partial charge >= 0.3 is 0 Å². The number of rotatable bonds is 3. The summed E-state index contributed by atoms with van der Waals surface area (Å²) in [5.74, 6) is 0.936. The third-order valence-corrected chi connectivity index (χ3v) is 6.08. The smallest absolute Gasteiger partial charge is 0.255 e. The fraction of sp³-hybridized carbons (Fsp3) is 0.278. The van der Waals surface area contributed by atoms with Crippen molar-refractivity contribution >= 4 is 40.9 Å².